The van der Waals surface area contributed by atoms with Crippen LogP contribution in [0.5, 0.6) is 0 Å². The van der Waals surface area contributed by atoms with E-state index in [0.717, 1.165) is 34.1 Å². The summed E-state index contributed by atoms with van der Waals surface area (Å²) in [5.41, 5.74) is 4.57. The summed E-state index contributed by atoms with van der Waals surface area (Å²) in [5, 5.41) is 10.9. The molecular formula is C20H20ClNO2. The first-order valence-electron chi connectivity index (χ1n) is 8.12. The summed E-state index contributed by atoms with van der Waals surface area (Å²) >= 11 is 6.33. The molecule has 4 heteroatoms. The van der Waals surface area contributed by atoms with Crippen molar-refractivity contribution in [3.05, 3.63) is 58.6 Å². The first-order chi connectivity index (χ1) is 11.5. The van der Waals surface area contributed by atoms with E-state index < -0.39 is 5.97 Å². The number of rotatable bonds is 5. The van der Waals surface area contributed by atoms with Crippen LogP contribution in [0.4, 0.5) is 0 Å². The van der Waals surface area contributed by atoms with Crippen LogP contribution in [-0.2, 0) is 11.2 Å². The molecule has 124 valence electrons. The molecule has 0 aliphatic carbocycles. The molecule has 1 unspecified atom stereocenters. The molecule has 0 aliphatic rings. The number of carboxylic acid groups (broad SMARTS) is 1. The molecule has 1 atom stereocenters. The zero-order valence-corrected chi connectivity index (χ0v) is 14.5. The van der Waals surface area contributed by atoms with Gasteiger partial charge in [-0.2, -0.15) is 0 Å². The normalized spacial score (nSPS) is 12.5. The van der Waals surface area contributed by atoms with Gasteiger partial charge in [-0.15, -0.1) is 0 Å². The van der Waals surface area contributed by atoms with E-state index in [9.17, 15) is 9.90 Å². The lowest BCUT2D eigenvalue weighted by Crippen LogP contribution is -2.01. The van der Waals surface area contributed by atoms with Crippen LogP contribution in [-0.4, -0.2) is 16.1 Å². The largest absolute Gasteiger partial charge is 0.481 e. The summed E-state index contributed by atoms with van der Waals surface area (Å²) in [5.74, 6) is -0.413. The second kappa shape index (κ2) is 6.70. The Balaban J connectivity index is 2.25. The van der Waals surface area contributed by atoms with E-state index in [1.807, 2.05) is 30.3 Å². The SMILES string of the molecule is CCC(C)c1ccc2[nH]c(-c3ccccc3Cl)c(CC(=O)O)c2c1. The zero-order chi connectivity index (χ0) is 17.3. The Morgan fingerprint density at radius 1 is 1.25 bits per heavy atom. The molecule has 0 aliphatic heterocycles. The number of hydrogen-bond acceptors (Lipinski definition) is 1. The lowest BCUT2D eigenvalue weighted by atomic mass is 9.95. The van der Waals surface area contributed by atoms with Gasteiger partial charge in [-0.3, -0.25) is 4.79 Å². The van der Waals surface area contributed by atoms with Crippen LogP contribution >= 0.6 is 11.6 Å². The summed E-state index contributed by atoms with van der Waals surface area (Å²) in [6.45, 7) is 4.33. The molecule has 1 aromatic heterocycles. The number of nitrogens with one attached hydrogen (secondary N) is 1. The third-order valence-corrected chi connectivity index (χ3v) is 4.91. The van der Waals surface area contributed by atoms with Gasteiger partial charge in [0, 0.05) is 21.5 Å². The Labute approximate surface area is 146 Å². The number of H-pyrrole nitrogens is 1. The highest BCUT2D eigenvalue weighted by molar-refractivity contribution is 6.33. The number of benzene rings is 2. The highest BCUT2D eigenvalue weighted by Crippen LogP contribution is 2.36. The van der Waals surface area contributed by atoms with Crippen molar-refractivity contribution in [1.82, 2.24) is 4.98 Å². The molecule has 2 N–H and O–H groups in total. The number of aromatic amines is 1. The van der Waals surface area contributed by atoms with Gasteiger partial charge in [0.1, 0.15) is 0 Å². The Morgan fingerprint density at radius 3 is 2.67 bits per heavy atom. The van der Waals surface area contributed by atoms with Crippen LogP contribution in [0.25, 0.3) is 22.2 Å². The van der Waals surface area contributed by atoms with Crippen LogP contribution in [0.3, 0.4) is 0 Å². The maximum Gasteiger partial charge on any atom is 0.307 e. The van der Waals surface area contributed by atoms with E-state index in [1.54, 1.807) is 0 Å². The Bertz CT molecular complexity index is 898. The average Bonchev–Trinajstić information content (AvgIpc) is 2.91. The van der Waals surface area contributed by atoms with Crippen molar-refractivity contribution in [3.8, 4) is 11.3 Å². The summed E-state index contributed by atoms with van der Waals surface area (Å²) < 4.78 is 0. The standard InChI is InChI=1S/C20H20ClNO2/c1-3-12(2)13-8-9-18-15(10-13)16(11-19(23)24)20(22-18)14-6-4-5-7-17(14)21/h4-10,12,22H,3,11H2,1-2H3,(H,23,24). The fraction of sp³-hybridized carbons (Fsp3) is 0.250. The van der Waals surface area contributed by atoms with Crippen LogP contribution < -0.4 is 0 Å². The molecule has 1 heterocycles. The molecule has 0 saturated carbocycles. The molecule has 3 rings (SSSR count). The topological polar surface area (TPSA) is 53.1 Å². The van der Waals surface area contributed by atoms with Crippen LogP contribution in [0.1, 0.15) is 37.3 Å². The number of fused-ring (bicyclic) bond motifs is 1. The fourth-order valence-corrected chi connectivity index (χ4v) is 3.27. The Kier molecular flexibility index (Phi) is 4.63. The Hall–Kier alpha value is -2.26. The quantitative estimate of drug-likeness (QED) is 0.632. The molecule has 2 aromatic carbocycles. The van der Waals surface area contributed by atoms with Crippen LogP contribution in [0.15, 0.2) is 42.5 Å². The van der Waals surface area contributed by atoms with Crippen molar-refractivity contribution in [1.29, 1.82) is 0 Å². The van der Waals surface area contributed by atoms with Gasteiger partial charge < -0.3 is 10.1 Å². The lowest BCUT2D eigenvalue weighted by molar-refractivity contribution is -0.136. The predicted octanol–water partition coefficient (Wildman–Crippen LogP) is 5.63. The number of carbonyl (C=O) groups is 1. The molecule has 0 fully saturated rings. The van der Waals surface area contributed by atoms with E-state index in [1.165, 1.54) is 5.56 Å². The first-order valence-corrected chi connectivity index (χ1v) is 8.50. The monoisotopic (exact) mass is 341 g/mol. The van der Waals surface area contributed by atoms with Gasteiger partial charge in [0.25, 0.3) is 0 Å². The minimum absolute atomic E-state index is 0.0372. The smallest absolute Gasteiger partial charge is 0.307 e. The molecule has 3 aromatic rings. The lowest BCUT2D eigenvalue weighted by Gasteiger charge is -2.09. The second-order valence-corrected chi connectivity index (χ2v) is 6.55. The third kappa shape index (κ3) is 3.04. The van der Waals surface area contributed by atoms with E-state index >= 15 is 0 Å². The minimum Gasteiger partial charge on any atom is -0.481 e. The highest BCUT2D eigenvalue weighted by Gasteiger charge is 2.18. The molecule has 0 radical (unpaired) electrons. The van der Waals surface area contributed by atoms with E-state index in [4.69, 9.17) is 11.6 Å². The second-order valence-electron chi connectivity index (χ2n) is 6.14. The molecule has 0 spiro atoms. The van der Waals surface area contributed by atoms with Gasteiger partial charge in [0.2, 0.25) is 0 Å². The summed E-state index contributed by atoms with van der Waals surface area (Å²) in [6.07, 6.45) is 1.01. The number of carboxylic acids is 1. The van der Waals surface area contributed by atoms with Crippen molar-refractivity contribution in [2.24, 2.45) is 0 Å². The summed E-state index contributed by atoms with van der Waals surface area (Å²) in [4.78, 5) is 14.8. The fourth-order valence-electron chi connectivity index (χ4n) is 3.04. The molecule has 3 nitrogen and oxygen atoms in total. The molecule has 24 heavy (non-hydrogen) atoms. The molecule has 0 bridgehead atoms. The van der Waals surface area contributed by atoms with Crippen molar-refractivity contribution in [3.63, 3.8) is 0 Å². The van der Waals surface area contributed by atoms with E-state index in [0.29, 0.717) is 10.9 Å². The maximum atomic E-state index is 11.4. The minimum atomic E-state index is -0.849. The molecule has 0 saturated heterocycles. The highest BCUT2D eigenvalue weighted by atomic mass is 35.5. The predicted molar refractivity (Wildman–Crippen MR) is 98.8 cm³/mol. The van der Waals surface area contributed by atoms with Crippen molar-refractivity contribution in [2.45, 2.75) is 32.6 Å². The van der Waals surface area contributed by atoms with Gasteiger partial charge in [-0.05, 0) is 41.7 Å². The van der Waals surface area contributed by atoms with Crippen molar-refractivity contribution in [2.75, 3.05) is 0 Å². The molecular weight excluding hydrogens is 322 g/mol. The van der Waals surface area contributed by atoms with Gasteiger partial charge in [-0.25, -0.2) is 0 Å². The van der Waals surface area contributed by atoms with Crippen molar-refractivity contribution >= 4 is 28.5 Å². The number of halogens is 1. The number of hydrogen-bond donors (Lipinski definition) is 2. The van der Waals surface area contributed by atoms with Gasteiger partial charge in [0.05, 0.1) is 12.1 Å². The number of aliphatic carboxylic acids is 1. The maximum absolute atomic E-state index is 11.4. The van der Waals surface area contributed by atoms with Gasteiger partial charge in [0.15, 0.2) is 0 Å². The van der Waals surface area contributed by atoms with E-state index in [-0.39, 0.29) is 6.42 Å². The summed E-state index contributed by atoms with van der Waals surface area (Å²) in [7, 11) is 0. The number of aromatic nitrogens is 1. The zero-order valence-electron chi connectivity index (χ0n) is 13.8. The third-order valence-electron chi connectivity index (χ3n) is 4.58. The molecule has 0 amide bonds. The summed E-state index contributed by atoms with van der Waals surface area (Å²) in [6, 6.07) is 13.7. The van der Waals surface area contributed by atoms with Crippen LogP contribution in [0, 0.1) is 0 Å². The average molecular weight is 342 g/mol. The van der Waals surface area contributed by atoms with Gasteiger partial charge >= 0.3 is 5.97 Å². The van der Waals surface area contributed by atoms with Crippen LogP contribution in [0.2, 0.25) is 5.02 Å². The van der Waals surface area contributed by atoms with Gasteiger partial charge in [-0.1, -0.05) is 49.7 Å². The Morgan fingerprint density at radius 2 is 2.00 bits per heavy atom. The first kappa shape index (κ1) is 16.6. The van der Waals surface area contributed by atoms with Crippen molar-refractivity contribution < 1.29 is 9.90 Å². The van der Waals surface area contributed by atoms with E-state index in [2.05, 4.69) is 31.0 Å².